The van der Waals surface area contributed by atoms with Crippen LogP contribution in [0.4, 0.5) is 0 Å². The summed E-state index contributed by atoms with van der Waals surface area (Å²) in [5.74, 6) is 1.82. The lowest BCUT2D eigenvalue weighted by molar-refractivity contribution is 0.0910. The molecule has 0 spiro atoms. The quantitative estimate of drug-likeness (QED) is 0.384. The molecule has 0 aliphatic heterocycles. The second kappa shape index (κ2) is 9.98. The van der Waals surface area contributed by atoms with Gasteiger partial charge in [0.25, 0.3) is 11.9 Å². The van der Waals surface area contributed by atoms with Gasteiger partial charge >= 0.3 is 0 Å². The number of ether oxygens (including phenoxy) is 3. The molecule has 3 aromatic rings. The van der Waals surface area contributed by atoms with Crippen LogP contribution < -0.4 is 19.5 Å². The molecule has 1 saturated carbocycles. The SMILES string of the molecule is COc1ccc(C2(CNC(=O)c3ccc(Oc4cc(Cl)cc(Cl)c4)o3)CCCC2)cc1OC. The molecule has 174 valence electrons. The number of amides is 1. The number of hydrogen-bond acceptors (Lipinski definition) is 5. The van der Waals surface area contributed by atoms with Crippen molar-refractivity contribution < 1.29 is 23.4 Å². The molecule has 0 saturated heterocycles. The van der Waals surface area contributed by atoms with Crippen LogP contribution in [0.2, 0.25) is 10.0 Å². The average molecular weight is 490 g/mol. The highest BCUT2D eigenvalue weighted by Crippen LogP contribution is 2.43. The van der Waals surface area contributed by atoms with Gasteiger partial charge in [0.05, 0.1) is 14.2 Å². The summed E-state index contributed by atoms with van der Waals surface area (Å²) in [5, 5.41) is 3.93. The first kappa shape index (κ1) is 23.3. The third-order valence-electron chi connectivity index (χ3n) is 6.00. The lowest BCUT2D eigenvalue weighted by Crippen LogP contribution is -2.39. The zero-order chi connectivity index (χ0) is 23.4. The Bertz CT molecular complexity index is 1120. The summed E-state index contributed by atoms with van der Waals surface area (Å²) in [6.07, 6.45) is 4.16. The van der Waals surface area contributed by atoms with Crippen LogP contribution in [-0.4, -0.2) is 26.7 Å². The van der Waals surface area contributed by atoms with Crippen molar-refractivity contribution in [3.8, 4) is 23.2 Å². The van der Waals surface area contributed by atoms with Crippen LogP contribution in [0, 0.1) is 0 Å². The van der Waals surface area contributed by atoms with Crippen LogP contribution in [-0.2, 0) is 5.41 Å². The van der Waals surface area contributed by atoms with Crippen LogP contribution in [0.15, 0.2) is 52.9 Å². The highest BCUT2D eigenvalue weighted by molar-refractivity contribution is 6.34. The molecule has 0 unspecified atom stereocenters. The van der Waals surface area contributed by atoms with E-state index in [-0.39, 0.29) is 23.0 Å². The minimum Gasteiger partial charge on any atom is -0.493 e. The summed E-state index contributed by atoms with van der Waals surface area (Å²) < 4.78 is 22.1. The first-order chi connectivity index (χ1) is 15.9. The number of methoxy groups -OCH3 is 2. The molecular formula is C25H25Cl2NO5. The molecule has 1 amide bonds. The van der Waals surface area contributed by atoms with E-state index in [1.165, 1.54) is 0 Å². The average Bonchev–Trinajstić information content (AvgIpc) is 3.47. The van der Waals surface area contributed by atoms with Crippen molar-refractivity contribution in [3.63, 3.8) is 0 Å². The predicted molar refractivity (Wildman–Crippen MR) is 127 cm³/mol. The largest absolute Gasteiger partial charge is 0.493 e. The summed E-state index contributed by atoms with van der Waals surface area (Å²) in [4.78, 5) is 12.8. The van der Waals surface area contributed by atoms with Gasteiger partial charge in [0.1, 0.15) is 5.75 Å². The zero-order valence-corrected chi connectivity index (χ0v) is 20.0. The Hall–Kier alpha value is -2.83. The molecule has 0 bridgehead atoms. The van der Waals surface area contributed by atoms with Gasteiger partial charge in [-0.2, -0.15) is 0 Å². The van der Waals surface area contributed by atoms with Gasteiger partial charge in [-0.3, -0.25) is 4.79 Å². The molecule has 6 nitrogen and oxygen atoms in total. The van der Waals surface area contributed by atoms with E-state index in [0.29, 0.717) is 33.8 Å². The van der Waals surface area contributed by atoms with Gasteiger partial charge in [0.2, 0.25) is 0 Å². The predicted octanol–water partition coefficient (Wildman–Crippen LogP) is 6.64. The molecule has 4 rings (SSSR count). The van der Waals surface area contributed by atoms with Gasteiger partial charge in [0.15, 0.2) is 17.3 Å². The molecule has 33 heavy (non-hydrogen) atoms. The summed E-state index contributed by atoms with van der Waals surface area (Å²) in [7, 11) is 3.24. The summed E-state index contributed by atoms with van der Waals surface area (Å²) in [6.45, 7) is 0.488. The maximum atomic E-state index is 12.8. The fourth-order valence-electron chi connectivity index (χ4n) is 4.32. The maximum absolute atomic E-state index is 12.8. The van der Waals surface area contributed by atoms with Gasteiger partial charge in [-0.05, 0) is 54.8 Å². The second-order valence-electron chi connectivity index (χ2n) is 8.07. The number of carbonyl (C=O) groups excluding carboxylic acids is 1. The third kappa shape index (κ3) is 5.23. The van der Waals surface area contributed by atoms with Crippen LogP contribution >= 0.6 is 23.2 Å². The fourth-order valence-corrected chi connectivity index (χ4v) is 4.83. The number of hydrogen-bond donors (Lipinski definition) is 1. The topological polar surface area (TPSA) is 69.9 Å². The van der Waals surface area contributed by atoms with Crippen molar-refractivity contribution in [1.82, 2.24) is 5.32 Å². The summed E-state index contributed by atoms with van der Waals surface area (Å²) in [5.41, 5.74) is 0.956. The van der Waals surface area contributed by atoms with E-state index in [0.717, 1.165) is 31.2 Å². The van der Waals surface area contributed by atoms with E-state index in [4.69, 9.17) is 41.8 Å². The lowest BCUT2D eigenvalue weighted by Gasteiger charge is -2.30. The van der Waals surface area contributed by atoms with Gasteiger partial charge in [-0.25, -0.2) is 0 Å². The molecule has 1 fully saturated rings. The maximum Gasteiger partial charge on any atom is 0.290 e. The molecule has 1 N–H and O–H groups in total. The lowest BCUT2D eigenvalue weighted by atomic mass is 9.78. The molecule has 2 aromatic carbocycles. The van der Waals surface area contributed by atoms with Crippen molar-refractivity contribution in [1.29, 1.82) is 0 Å². The minimum atomic E-state index is -0.305. The Morgan fingerprint density at radius 3 is 2.33 bits per heavy atom. The summed E-state index contributed by atoms with van der Waals surface area (Å²) >= 11 is 12.0. The van der Waals surface area contributed by atoms with E-state index in [9.17, 15) is 4.79 Å². The van der Waals surface area contributed by atoms with E-state index < -0.39 is 0 Å². The van der Waals surface area contributed by atoms with E-state index in [1.807, 2.05) is 18.2 Å². The third-order valence-corrected chi connectivity index (χ3v) is 6.44. The van der Waals surface area contributed by atoms with Crippen LogP contribution in [0.1, 0.15) is 41.8 Å². The Balaban J connectivity index is 1.46. The number of benzene rings is 2. The van der Waals surface area contributed by atoms with E-state index in [2.05, 4.69) is 5.32 Å². The van der Waals surface area contributed by atoms with Crippen molar-refractivity contribution in [2.75, 3.05) is 20.8 Å². The zero-order valence-electron chi connectivity index (χ0n) is 18.5. The first-order valence-electron chi connectivity index (χ1n) is 10.7. The Labute approximate surface area is 202 Å². The number of nitrogens with one attached hydrogen (secondary N) is 1. The van der Waals surface area contributed by atoms with Gasteiger partial charge < -0.3 is 23.9 Å². The fraction of sp³-hybridized carbons (Fsp3) is 0.320. The van der Waals surface area contributed by atoms with Crippen LogP contribution in [0.25, 0.3) is 0 Å². The van der Waals surface area contributed by atoms with Gasteiger partial charge in [0, 0.05) is 28.1 Å². The van der Waals surface area contributed by atoms with Gasteiger partial charge in [-0.15, -0.1) is 0 Å². The van der Waals surface area contributed by atoms with Crippen molar-refractivity contribution in [2.24, 2.45) is 0 Å². The number of halogens is 2. The Morgan fingerprint density at radius 1 is 0.970 bits per heavy atom. The normalized spacial score (nSPS) is 14.7. The van der Waals surface area contributed by atoms with Gasteiger partial charge in [-0.1, -0.05) is 42.1 Å². The van der Waals surface area contributed by atoms with E-state index >= 15 is 0 Å². The first-order valence-corrected chi connectivity index (χ1v) is 11.4. The molecule has 8 heteroatoms. The molecule has 1 aliphatic rings. The van der Waals surface area contributed by atoms with Crippen molar-refractivity contribution in [2.45, 2.75) is 31.1 Å². The number of carbonyl (C=O) groups is 1. The van der Waals surface area contributed by atoms with Crippen LogP contribution in [0.5, 0.6) is 23.2 Å². The minimum absolute atomic E-state index is 0.165. The standard InChI is InChI=1S/C25H25Cl2NO5/c1-30-20-6-5-16(11-22(20)31-2)25(9-3-4-10-25)15-28-24(29)21-7-8-23(33-21)32-19-13-17(26)12-18(27)14-19/h5-8,11-14H,3-4,9-10,15H2,1-2H3,(H,28,29). The smallest absolute Gasteiger partial charge is 0.290 e. The summed E-state index contributed by atoms with van der Waals surface area (Å²) in [6, 6.07) is 14.0. The molecule has 0 radical (unpaired) electrons. The number of rotatable bonds is 8. The Morgan fingerprint density at radius 2 is 1.67 bits per heavy atom. The Kier molecular flexibility index (Phi) is 7.05. The highest BCUT2D eigenvalue weighted by atomic mass is 35.5. The molecule has 1 aliphatic carbocycles. The van der Waals surface area contributed by atoms with Crippen molar-refractivity contribution in [3.05, 3.63) is 69.9 Å². The highest BCUT2D eigenvalue weighted by Gasteiger charge is 2.37. The second-order valence-corrected chi connectivity index (χ2v) is 8.94. The van der Waals surface area contributed by atoms with Crippen molar-refractivity contribution >= 4 is 29.1 Å². The molecule has 1 heterocycles. The van der Waals surface area contributed by atoms with Crippen LogP contribution in [0.3, 0.4) is 0 Å². The molecule has 0 atom stereocenters. The van der Waals surface area contributed by atoms with E-state index in [1.54, 1.807) is 44.6 Å². The molecular weight excluding hydrogens is 465 g/mol. The molecule has 1 aromatic heterocycles. The number of furan rings is 1. The monoisotopic (exact) mass is 489 g/mol.